The molecule has 2 rings (SSSR count). The number of likely N-dealkylation sites (N-methyl/N-ethyl adjacent to an activating group) is 1. The molecule has 1 aromatic carbocycles. The number of halogens is 2. The summed E-state index contributed by atoms with van der Waals surface area (Å²) < 4.78 is 43.8. The molecule has 23 heavy (non-hydrogen) atoms. The molecule has 2 N–H and O–H groups in total. The van der Waals surface area contributed by atoms with Gasteiger partial charge in [0, 0.05) is 26.7 Å². The molecule has 0 aromatic heterocycles. The quantitative estimate of drug-likeness (QED) is 0.822. The van der Waals surface area contributed by atoms with E-state index in [9.17, 15) is 17.9 Å². The number of benzene rings is 1. The van der Waals surface area contributed by atoms with Gasteiger partial charge in [-0.3, -0.25) is 0 Å². The Morgan fingerprint density at radius 3 is 2.87 bits per heavy atom. The molecule has 1 heterocycles. The van der Waals surface area contributed by atoms with Crippen molar-refractivity contribution in [2.24, 2.45) is 0 Å². The van der Waals surface area contributed by atoms with E-state index < -0.39 is 27.5 Å². The first-order valence-corrected chi connectivity index (χ1v) is 9.27. The summed E-state index contributed by atoms with van der Waals surface area (Å²) in [6.07, 6.45) is 0.173. The summed E-state index contributed by atoms with van der Waals surface area (Å²) >= 11 is 5.69. The van der Waals surface area contributed by atoms with Crippen LogP contribution in [0.4, 0.5) is 4.39 Å². The van der Waals surface area contributed by atoms with Gasteiger partial charge in [0.05, 0.1) is 17.9 Å². The summed E-state index contributed by atoms with van der Waals surface area (Å²) in [6.45, 7) is 0.729. The first-order chi connectivity index (χ1) is 10.6. The molecule has 0 amide bonds. The maximum Gasteiger partial charge on any atom is 0.211 e. The van der Waals surface area contributed by atoms with Gasteiger partial charge in [0.25, 0.3) is 0 Å². The number of rotatable bonds is 4. The highest BCUT2D eigenvalue weighted by molar-refractivity contribution is 7.88. The highest BCUT2D eigenvalue weighted by Gasteiger charge is 2.42. The van der Waals surface area contributed by atoms with Crippen molar-refractivity contribution in [1.29, 1.82) is 0 Å². The molecular weight excluding hydrogens is 347 g/mol. The van der Waals surface area contributed by atoms with Crippen LogP contribution in [0.5, 0.6) is 0 Å². The number of ether oxygens (including phenoxy) is 1. The van der Waals surface area contributed by atoms with Crippen molar-refractivity contribution in [3.05, 3.63) is 34.6 Å². The fourth-order valence-electron chi connectivity index (χ4n) is 2.53. The number of aliphatic hydroxyl groups is 1. The Morgan fingerprint density at radius 1 is 1.57 bits per heavy atom. The molecule has 0 saturated carbocycles. The van der Waals surface area contributed by atoms with Gasteiger partial charge in [-0.2, -0.15) is 0 Å². The topological polar surface area (TPSA) is 78.9 Å². The Morgan fingerprint density at radius 2 is 2.26 bits per heavy atom. The van der Waals surface area contributed by atoms with Gasteiger partial charge in [0.1, 0.15) is 17.5 Å². The van der Waals surface area contributed by atoms with Gasteiger partial charge >= 0.3 is 0 Å². The maximum atomic E-state index is 13.7. The Kier molecular flexibility index (Phi) is 5.65. The molecule has 1 aliphatic heterocycles. The number of β-amino-alcohol motifs (C(OH)–C–C–N with tert-alkyl or cyclic N) is 1. The molecule has 1 aromatic rings. The third-order valence-corrected chi connectivity index (χ3v) is 5.36. The zero-order valence-electron chi connectivity index (χ0n) is 12.9. The zero-order valence-corrected chi connectivity index (χ0v) is 14.5. The van der Waals surface area contributed by atoms with Crippen LogP contribution in [0.25, 0.3) is 0 Å². The van der Waals surface area contributed by atoms with Gasteiger partial charge in [0.15, 0.2) is 0 Å². The monoisotopic (exact) mass is 366 g/mol. The normalized spacial score (nSPS) is 26.3. The van der Waals surface area contributed by atoms with Crippen LogP contribution < -0.4 is 5.32 Å². The van der Waals surface area contributed by atoms with Crippen LogP contribution >= 0.6 is 11.6 Å². The van der Waals surface area contributed by atoms with Gasteiger partial charge in [-0.1, -0.05) is 17.7 Å². The van der Waals surface area contributed by atoms with Gasteiger partial charge in [-0.05, 0) is 17.7 Å². The summed E-state index contributed by atoms with van der Waals surface area (Å²) in [7, 11) is -2.11. The van der Waals surface area contributed by atoms with Crippen LogP contribution in [-0.2, 0) is 14.8 Å². The predicted octanol–water partition coefficient (Wildman–Crippen LogP) is 0.763. The van der Waals surface area contributed by atoms with Crippen LogP contribution in [0.15, 0.2) is 18.2 Å². The molecule has 1 fully saturated rings. The lowest BCUT2D eigenvalue weighted by atomic mass is 9.90. The predicted molar refractivity (Wildman–Crippen MR) is 85.4 cm³/mol. The van der Waals surface area contributed by atoms with Crippen LogP contribution in [0.1, 0.15) is 11.7 Å². The van der Waals surface area contributed by atoms with E-state index in [0.29, 0.717) is 18.7 Å². The minimum absolute atomic E-state index is 0.0303. The Hall–Kier alpha value is -0.770. The van der Waals surface area contributed by atoms with E-state index in [-0.39, 0.29) is 18.1 Å². The van der Waals surface area contributed by atoms with Gasteiger partial charge in [-0.15, -0.1) is 0 Å². The number of hydrogen-bond donors (Lipinski definition) is 2. The van der Waals surface area contributed by atoms with Crippen molar-refractivity contribution in [3.8, 4) is 0 Å². The molecule has 0 spiro atoms. The fraction of sp³-hybridized carbons (Fsp3) is 0.571. The van der Waals surface area contributed by atoms with Gasteiger partial charge in [0.2, 0.25) is 10.0 Å². The minimum atomic E-state index is -3.48. The number of sulfonamides is 1. The zero-order chi connectivity index (χ0) is 17.3. The second-order valence-electron chi connectivity index (χ2n) is 5.72. The minimum Gasteiger partial charge on any atom is -0.384 e. The van der Waals surface area contributed by atoms with E-state index in [2.05, 4.69) is 5.32 Å². The number of nitrogens with one attached hydrogen (secondary N) is 1. The van der Waals surface area contributed by atoms with Crippen LogP contribution in [0, 0.1) is 5.82 Å². The van der Waals surface area contributed by atoms with Crippen LogP contribution in [-0.4, -0.2) is 63.0 Å². The highest BCUT2D eigenvalue weighted by atomic mass is 35.5. The molecular formula is C14H20ClFN2O4S. The summed E-state index contributed by atoms with van der Waals surface area (Å²) in [5.74, 6) is -0.621. The van der Waals surface area contributed by atoms with Crippen molar-refractivity contribution in [1.82, 2.24) is 9.62 Å². The standard InChI is InChI=1S/C14H20ClFN2O4S/c1-18(23(2,20)21)9-14(19)8-17-5-6-22-13(14)10-3-4-11(15)12(16)7-10/h3-4,7,13,17,19H,5-6,8-9H2,1-2H3/t13-,14+/m1/s1. The van der Waals surface area contributed by atoms with E-state index in [1.807, 2.05) is 0 Å². The third kappa shape index (κ3) is 4.40. The Balaban J connectivity index is 2.37. The summed E-state index contributed by atoms with van der Waals surface area (Å²) in [6, 6.07) is 4.14. The average Bonchev–Trinajstić information content (AvgIpc) is 2.63. The lowest BCUT2D eigenvalue weighted by Gasteiger charge is -2.36. The second-order valence-corrected chi connectivity index (χ2v) is 8.22. The summed E-state index contributed by atoms with van der Waals surface area (Å²) in [4.78, 5) is 0. The van der Waals surface area contributed by atoms with Crippen molar-refractivity contribution in [3.63, 3.8) is 0 Å². The van der Waals surface area contributed by atoms with Crippen molar-refractivity contribution >= 4 is 21.6 Å². The number of nitrogens with zero attached hydrogens (tertiary/aromatic N) is 1. The van der Waals surface area contributed by atoms with Crippen molar-refractivity contribution < 1.29 is 22.7 Å². The van der Waals surface area contributed by atoms with Crippen LogP contribution in [0.2, 0.25) is 5.02 Å². The lowest BCUT2D eigenvalue weighted by molar-refractivity contribution is -0.0998. The van der Waals surface area contributed by atoms with E-state index in [0.717, 1.165) is 10.6 Å². The second kappa shape index (κ2) is 7.00. The molecule has 2 atom stereocenters. The van der Waals surface area contributed by atoms with E-state index in [4.69, 9.17) is 16.3 Å². The summed E-state index contributed by atoms with van der Waals surface area (Å²) in [5.41, 5.74) is -1.14. The molecule has 1 aliphatic rings. The molecule has 9 heteroatoms. The molecule has 130 valence electrons. The first-order valence-electron chi connectivity index (χ1n) is 7.04. The maximum absolute atomic E-state index is 13.7. The molecule has 0 bridgehead atoms. The molecule has 1 saturated heterocycles. The Bertz CT molecular complexity index is 673. The number of hydrogen-bond acceptors (Lipinski definition) is 5. The SMILES string of the molecule is CN(C[C@@]1(O)CNCCO[C@@H]1c1ccc(Cl)c(F)c1)S(C)(=O)=O. The van der Waals surface area contributed by atoms with Crippen LogP contribution in [0.3, 0.4) is 0 Å². The first kappa shape index (κ1) is 18.6. The highest BCUT2D eigenvalue weighted by Crippen LogP contribution is 2.33. The smallest absolute Gasteiger partial charge is 0.211 e. The van der Waals surface area contributed by atoms with Gasteiger partial charge in [-0.25, -0.2) is 17.1 Å². The van der Waals surface area contributed by atoms with E-state index in [1.54, 1.807) is 6.07 Å². The van der Waals surface area contributed by atoms with E-state index in [1.165, 1.54) is 19.2 Å². The summed E-state index contributed by atoms with van der Waals surface area (Å²) in [5, 5.41) is 14.0. The molecule has 0 aliphatic carbocycles. The van der Waals surface area contributed by atoms with Crippen molar-refractivity contribution in [2.75, 3.05) is 39.5 Å². The van der Waals surface area contributed by atoms with Gasteiger partial charge < -0.3 is 15.2 Å². The van der Waals surface area contributed by atoms with Crippen molar-refractivity contribution in [2.45, 2.75) is 11.7 Å². The Labute approximate surface area is 140 Å². The molecule has 0 unspecified atom stereocenters. The van der Waals surface area contributed by atoms with E-state index >= 15 is 0 Å². The fourth-order valence-corrected chi connectivity index (χ4v) is 3.10. The largest absolute Gasteiger partial charge is 0.384 e. The average molecular weight is 367 g/mol. The third-order valence-electron chi connectivity index (χ3n) is 3.79. The lowest BCUT2D eigenvalue weighted by Crippen LogP contribution is -2.53. The molecule has 0 radical (unpaired) electrons. The molecule has 6 nitrogen and oxygen atoms in total.